The fourth-order valence-corrected chi connectivity index (χ4v) is 4.46. The van der Waals surface area contributed by atoms with Crippen molar-refractivity contribution < 1.29 is 8.42 Å². The number of nitrogens with one attached hydrogen (secondary N) is 1. The topological polar surface area (TPSA) is 62.3 Å². The predicted octanol–water partition coefficient (Wildman–Crippen LogP) is 2.93. The molecule has 25 heavy (non-hydrogen) atoms. The summed E-state index contributed by atoms with van der Waals surface area (Å²) in [7, 11) is -3.50. The van der Waals surface area contributed by atoms with E-state index in [2.05, 4.69) is 20.7 Å². The number of sulfonamides is 1. The third-order valence-electron chi connectivity index (χ3n) is 4.50. The minimum absolute atomic E-state index is 0.217. The Hall–Kier alpha value is -1.47. The Morgan fingerprint density at radius 3 is 2.68 bits per heavy atom. The largest absolute Gasteiger partial charge is 0.299 e. The highest BCUT2D eigenvalue weighted by Crippen LogP contribution is 2.20. The molecule has 5 nitrogen and oxygen atoms in total. The number of nitrogens with zero attached hydrogens (tertiary/aromatic N) is 2. The van der Waals surface area contributed by atoms with Gasteiger partial charge in [-0.15, -0.1) is 0 Å². The van der Waals surface area contributed by atoms with Crippen molar-refractivity contribution in [3.05, 3.63) is 59.4 Å². The number of halogens is 1. The average molecular weight is 380 g/mol. The van der Waals surface area contributed by atoms with Crippen LogP contribution in [0, 0.1) is 5.92 Å². The molecular weight excluding hydrogens is 358 g/mol. The standard InChI is InChI=1S/C18H22ClN3O2S/c19-17-4-1-5-18(11-17)25(23,24)21-13-15-6-9-22(10-7-15)14-16-3-2-8-20-12-16/h1-5,8,11-12,15,21H,6-7,9-10,13-14H2. The van der Waals surface area contributed by atoms with Gasteiger partial charge in [0.15, 0.2) is 0 Å². The van der Waals surface area contributed by atoms with E-state index in [1.807, 2.05) is 12.3 Å². The second-order valence-corrected chi connectivity index (χ2v) is 8.59. The second-order valence-electron chi connectivity index (χ2n) is 6.39. The molecule has 0 saturated carbocycles. The average Bonchev–Trinajstić information content (AvgIpc) is 2.62. The normalized spacial score (nSPS) is 16.8. The molecule has 1 aromatic heterocycles. The molecule has 3 rings (SSSR count). The third-order valence-corrected chi connectivity index (χ3v) is 6.16. The number of aromatic nitrogens is 1. The van der Waals surface area contributed by atoms with Crippen LogP contribution in [0.2, 0.25) is 5.02 Å². The molecular formula is C18H22ClN3O2S. The molecule has 7 heteroatoms. The number of pyridine rings is 1. The van der Waals surface area contributed by atoms with Crippen LogP contribution in [-0.2, 0) is 16.6 Å². The molecule has 1 N–H and O–H groups in total. The lowest BCUT2D eigenvalue weighted by atomic mass is 9.97. The van der Waals surface area contributed by atoms with Gasteiger partial charge < -0.3 is 0 Å². The van der Waals surface area contributed by atoms with Gasteiger partial charge in [-0.25, -0.2) is 13.1 Å². The van der Waals surface area contributed by atoms with E-state index in [1.54, 1.807) is 24.4 Å². The number of hydrogen-bond acceptors (Lipinski definition) is 4. The van der Waals surface area contributed by atoms with Crippen molar-refractivity contribution in [1.29, 1.82) is 0 Å². The van der Waals surface area contributed by atoms with Crippen LogP contribution >= 0.6 is 11.6 Å². The Balaban J connectivity index is 1.48. The molecule has 0 amide bonds. The molecule has 0 aliphatic carbocycles. The lowest BCUT2D eigenvalue weighted by Crippen LogP contribution is -2.38. The highest BCUT2D eigenvalue weighted by Gasteiger charge is 2.22. The van der Waals surface area contributed by atoms with Crippen molar-refractivity contribution in [2.24, 2.45) is 5.92 Å². The first-order valence-electron chi connectivity index (χ1n) is 8.39. The van der Waals surface area contributed by atoms with Crippen molar-refractivity contribution in [2.75, 3.05) is 19.6 Å². The van der Waals surface area contributed by atoms with Crippen molar-refractivity contribution in [3.63, 3.8) is 0 Å². The van der Waals surface area contributed by atoms with Crippen LogP contribution < -0.4 is 4.72 Å². The van der Waals surface area contributed by atoms with Crippen LogP contribution in [0.15, 0.2) is 53.7 Å². The fourth-order valence-electron chi connectivity index (χ4n) is 3.04. The minimum Gasteiger partial charge on any atom is -0.299 e. The maximum absolute atomic E-state index is 12.3. The summed E-state index contributed by atoms with van der Waals surface area (Å²) in [6.07, 6.45) is 5.64. The van der Waals surface area contributed by atoms with Gasteiger partial charge in [0, 0.05) is 30.5 Å². The first-order chi connectivity index (χ1) is 12.0. The first-order valence-corrected chi connectivity index (χ1v) is 10.3. The van der Waals surface area contributed by atoms with E-state index < -0.39 is 10.0 Å². The molecule has 1 saturated heterocycles. The number of likely N-dealkylation sites (tertiary alicyclic amines) is 1. The monoisotopic (exact) mass is 379 g/mol. The third kappa shape index (κ3) is 5.25. The summed E-state index contributed by atoms with van der Waals surface area (Å²) < 4.78 is 27.4. The Morgan fingerprint density at radius 2 is 2.00 bits per heavy atom. The van der Waals surface area contributed by atoms with Gasteiger partial charge in [-0.2, -0.15) is 0 Å². The maximum atomic E-state index is 12.3. The zero-order valence-electron chi connectivity index (χ0n) is 13.9. The lowest BCUT2D eigenvalue weighted by molar-refractivity contribution is 0.178. The van der Waals surface area contributed by atoms with Gasteiger partial charge in [-0.3, -0.25) is 9.88 Å². The van der Waals surface area contributed by atoms with Crippen molar-refractivity contribution in [1.82, 2.24) is 14.6 Å². The van der Waals surface area contributed by atoms with Crippen LogP contribution in [0.1, 0.15) is 18.4 Å². The summed E-state index contributed by atoms with van der Waals surface area (Å²) in [6, 6.07) is 10.4. The number of rotatable bonds is 6. The van der Waals surface area contributed by atoms with Crippen LogP contribution in [0.5, 0.6) is 0 Å². The van der Waals surface area contributed by atoms with E-state index in [4.69, 9.17) is 11.6 Å². The number of piperidine rings is 1. The summed E-state index contributed by atoms with van der Waals surface area (Å²) in [5, 5.41) is 0.423. The van der Waals surface area contributed by atoms with E-state index in [1.165, 1.54) is 11.6 Å². The molecule has 1 fully saturated rings. The highest BCUT2D eigenvalue weighted by atomic mass is 35.5. The van der Waals surface area contributed by atoms with E-state index in [9.17, 15) is 8.42 Å². The molecule has 2 aromatic rings. The molecule has 1 aliphatic heterocycles. The number of benzene rings is 1. The zero-order chi connectivity index (χ0) is 17.7. The smallest absolute Gasteiger partial charge is 0.240 e. The van der Waals surface area contributed by atoms with Gasteiger partial charge in [-0.05, 0) is 61.7 Å². The molecule has 0 bridgehead atoms. The Labute approximate surface area is 154 Å². The van der Waals surface area contributed by atoms with E-state index >= 15 is 0 Å². The summed E-state index contributed by atoms with van der Waals surface area (Å²) in [5.41, 5.74) is 1.21. The summed E-state index contributed by atoms with van der Waals surface area (Å²) in [6.45, 7) is 3.31. The molecule has 0 radical (unpaired) electrons. The van der Waals surface area contributed by atoms with Gasteiger partial charge in [0.05, 0.1) is 4.90 Å². The molecule has 0 atom stereocenters. The Bertz CT molecular complexity index is 791. The van der Waals surface area contributed by atoms with Crippen molar-refractivity contribution >= 4 is 21.6 Å². The SMILES string of the molecule is O=S(=O)(NCC1CCN(Cc2cccnc2)CC1)c1cccc(Cl)c1. The van der Waals surface area contributed by atoms with Crippen LogP contribution in [0.3, 0.4) is 0 Å². The summed E-state index contributed by atoms with van der Waals surface area (Å²) >= 11 is 5.88. The first kappa shape index (κ1) is 18.3. The van der Waals surface area contributed by atoms with Crippen LogP contribution in [0.4, 0.5) is 0 Å². The molecule has 2 heterocycles. The second kappa shape index (κ2) is 8.27. The van der Waals surface area contributed by atoms with Crippen molar-refractivity contribution in [3.8, 4) is 0 Å². The molecule has 1 aliphatic rings. The van der Waals surface area contributed by atoms with Crippen molar-refractivity contribution in [2.45, 2.75) is 24.3 Å². The van der Waals surface area contributed by atoms with Gasteiger partial charge in [-0.1, -0.05) is 23.7 Å². The van der Waals surface area contributed by atoms with Gasteiger partial charge >= 0.3 is 0 Å². The highest BCUT2D eigenvalue weighted by molar-refractivity contribution is 7.89. The molecule has 0 spiro atoms. The van der Waals surface area contributed by atoms with Gasteiger partial charge in [0.2, 0.25) is 10.0 Å². The van der Waals surface area contributed by atoms with Gasteiger partial charge in [0.25, 0.3) is 0 Å². The summed E-state index contributed by atoms with van der Waals surface area (Å²) in [5.74, 6) is 0.360. The van der Waals surface area contributed by atoms with E-state index in [0.29, 0.717) is 17.5 Å². The van der Waals surface area contributed by atoms with E-state index in [-0.39, 0.29) is 4.90 Å². The molecule has 1 aromatic carbocycles. The zero-order valence-corrected chi connectivity index (χ0v) is 15.5. The fraction of sp³-hybridized carbons (Fsp3) is 0.389. The molecule has 134 valence electrons. The maximum Gasteiger partial charge on any atom is 0.240 e. The van der Waals surface area contributed by atoms with Crippen LogP contribution in [-0.4, -0.2) is 37.9 Å². The summed E-state index contributed by atoms with van der Waals surface area (Å²) in [4.78, 5) is 6.75. The van der Waals surface area contributed by atoms with Gasteiger partial charge in [0.1, 0.15) is 0 Å². The minimum atomic E-state index is -3.50. The number of hydrogen-bond donors (Lipinski definition) is 1. The lowest BCUT2D eigenvalue weighted by Gasteiger charge is -2.31. The molecule has 0 unspecified atom stereocenters. The van der Waals surface area contributed by atoms with E-state index in [0.717, 1.165) is 32.5 Å². The Morgan fingerprint density at radius 1 is 1.20 bits per heavy atom. The Kier molecular flexibility index (Phi) is 6.06. The van der Waals surface area contributed by atoms with Crippen LogP contribution in [0.25, 0.3) is 0 Å². The quantitative estimate of drug-likeness (QED) is 0.838. The predicted molar refractivity (Wildman–Crippen MR) is 98.9 cm³/mol.